The van der Waals surface area contributed by atoms with E-state index in [1.54, 1.807) is 19.9 Å². The van der Waals surface area contributed by atoms with Crippen molar-refractivity contribution in [1.82, 2.24) is 0 Å². The molecule has 0 aliphatic heterocycles. The lowest BCUT2D eigenvalue weighted by molar-refractivity contribution is 0.664. The Labute approximate surface area is 61.4 Å². The first-order valence-electron chi connectivity index (χ1n) is 3.19. The maximum Gasteiger partial charge on any atom is 0.118 e. The lowest BCUT2D eigenvalue weighted by atomic mass is 10.3. The van der Waals surface area contributed by atoms with Crippen LogP contribution in [0.25, 0.3) is 0 Å². The summed E-state index contributed by atoms with van der Waals surface area (Å²) in [5, 5.41) is 0. The molecule has 1 heteroatoms. The standard InChI is InChI=1S/C9H11F/c1-3-5-6-7-8-9(10)4-2/h4,7-8H,6H2,1-2H3/b8-7-,9-4+. The van der Waals surface area contributed by atoms with E-state index in [-0.39, 0.29) is 5.83 Å². The van der Waals surface area contributed by atoms with Gasteiger partial charge in [0.05, 0.1) is 0 Å². The molecule has 54 valence electrons. The Kier molecular flexibility index (Phi) is 5.47. The van der Waals surface area contributed by atoms with Crippen LogP contribution in [0.2, 0.25) is 0 Å². The molecule has 0 aromatic rings. The zero-order valence-corrected chi connectivity index (χ0v) is 6.32. The second kappa shape index (κ2) is 6.10. The van der Waals surface area contributed by atoms with E-state index in [1.807, 2.05) is 0 Å². The molecule has 0 aliphatic carbocycles. The van der Waals surface area contributed by atoms with Crippen LogP contribution in [0.15, 0.2) is 24.1 Å². The van der Waals surface area contributed by atoms with E-state index in [0.29, 0.717) is 6.42 Å². The fourth-order valence-electron chi connectivity index (χ4n) is 0.429. The van der Waals surface area contributed by atoms with Crippen molar-refractivity contribution in [2.24, 2.45) is 0 Å². The van der Waals surface area contributed by atoms with Crippen molar-refractivity contribution in [3.05, 3.63) is 24.1 Å². The molecule has 0 radical (unpaired) electrons. The Hall–Kier alpha value is -1.03. The summed E-state index contributed by atoms with van der Waals surface area (Å²) in [5.41, 5.74) is 0. The zero-order chi connectivity index (χ0) is 7.82. The Bertz CT molecular complexity index is 189. The van der Waals surface area contributed by atoms with E-state index in [4.69, 9.17) is 0 Å². The number of hydrogen-bond donors (Lipinski definition) is 0. The third-order valence-corrected chi connectivity index (χ3v) is 0.950. The fraction of sp³-hybridized carbons (Fsp3) is 0.333. The van der Waals surface area contributed by atoms with Crippen LogP contribution in [0.3, 0.4) is 0 Å². The monoisotopic (exact) mass is 138 g/mol. The molecule has 0 rings (SSSR count). The van der Waals surface area contributed by atoms with Crippen molar-refractivity contribution >= 4 is 0 Å². The second-order valence-electron chi connectivity index (χ2n) is 1.71. The van der Waals surface area contributed by atoms with Gasteiger partial charge >= 0.3 is 0 Å². The van der Waals surface area contributed by atoms with Crippen LogP contribution >= 0.6 is 0 Å². The van der Waals surface area contributed by atoms with Gasteiger partial charge in [0.1, 0.15) is 5.83 Å². The smallest absolute Gasteiger partial charge is 0.118 e. The van der Waals surface area contributed by atoms with Gasteiger partial charge in [-0.3, -0.25) is 0 Å². The predicted octanol–water partition coefficient (Wildman–Crippen LogP) is 2.83. The first kappa shape index (κ1) is 8.97. The van der Waals surface area contributed by atoms with E-state index in [1.165, 1.54) is 12.2 Å². The number of allylic oxidation sites excluding steroid dienone is 4. The van der Waals surface area contributed by atoms with Crippen LogP contribution in [0, 0.1) is 11.8 Å². The average molecular weight is 138 g/mol. The number of halogens is 1. The van der Waals surface area contributed by atoms with E-state index in [9.17, 15) is 4.39 Å². The van der Waals surface area contributed by atoms with E-state index >= 15 is 0 Å². The van der Waals surface area contributed by atoms with Gasteiger partial charge in [-0.2, -0.15) is 0 Å². The molecule has 0 amide bonds. The van der Waals surface area contributed by atoms with Gasteiger partial charge in [-0.25, -0.2) is 4.39 Å². The van der Waals surface area contributed by atoms with Gasteiger partial charge in [0.25, 0.3) is 0 Å². The summed E-state index contributed by atoms with van der Waals surface area (Å²) in [6.45, 7) is 3.42. The molecular weight excluding hydrogens is 127 g/mol. The molecule has 0 unspecified atom stereocenters. The van der Waals surface area contributed by atoms with E-state index < -0.39 is 0 Å². The van der Waals surface area contributed by atoms with Gasteiger partial charge in [-0.15, -0.1) is 5.92 Å². The lowest BCUT2D eigenvalue weighted by Gasteiger charge is -1.80. The van der Waals surface area contributed by atoms with Crippen molar-refractivity contribution in [2.45, 2.75) is 20.3 Å². The van der Waals surface area contributed by atoms with Crippen LogP contribution in [-0.2, 0) is 0 Å². The highest BCUT2D eigenvalue weighted by molar-refractivity contribution is 5.12. The van der Waals surface area contributed by atoms with Gasteiger partial charge in [-0.1, -0.05) is 18.1 Å². The summed E-state index contributed by atoms with van der Waals surface area (Å²) >= 11 is 0. The molecule has 0 N–H and O–H groups in total. The number of rotatable bonds is 2. The largest absolute Gasteiger partial charge is 0.207 e. The molecule has 0 nitrogen and oxygen atoms in total. The third-order valence-electron chi connectivity index (χ3n) is 0.950. The van der Waals surface area contributed by atoms with Crippen molar-refractivity contribution in [2.75, 3.05) is 0 Å². The van der Waals surface area contributed by atoms with E-state index in [2.05, 4.69) is 11.8 Å². The van der Waals surface area contributed by atoms with Crippen molar-refractivity contribution in [3.63, 3.8) is 0 Å². The highest BCUT2D eigenvalue weighted by Crippen LogP contribution is 1.97. The molecule has 0 bridgehead atoms. The fourth-order valence-corrected chi connectivity index (χ4v) is 0.429. The molecule has 0 saturated carbocycles. The Morgan fingerprint density at radius 3 is 2.80 bits per heavy atom. The van der Waals surface area contributed by atoms with Gasteiger partial charge in [-0.05, 0) is 19.9 Å². The van der Waals surface area contributed by atoms with Gasteiger partial charge < -0.3 is 0 Å². The molecule has 0 aliphatic rings. The lowest BCUT2D eigenvalue weighted by Crippen LogP contribution is -1.62. The van der Waals surface area contributed by atoms with Crippen LogP contribution < -0.4 is 0 Å². The maximum absolute atomic E-state index is 12.3. The molecule has 10 heavy (non-hydrogen) atoms. The summed E-state index contributed by atoms with van der Waals surface area (Å²) < 4.78 is 12.3. The first-order valence-corrected chi connectivity index (χ1v) is 3.19. The van der Waals surface area contributed by atoms with Crippen molar-refractivity contribution in [1.29, 1.82) is 0 Å². The minimum absolute atomic E-state index is 0.210. The molecule has 0 heterocycles. The third kappa shape index (κ3) is 5.11. The molecule has 0 saturated heterocycles. The molecule has 0 spiro atoms. The highest BCUT2D eigenvalue weighted by Gasteiger charge is 1.79. The summed E-state index contributed by atoms with van der Waals surface area (Å²) in [6.07, 6.45) is 5.16. The minimum Gasteiger partial charge on any atom is -0.207 e. The maximum atomic E-state index is 12.3. The van der Waals surface area contributed by atoms with Crippen LogP contribution in [0.4, 0.5) is 4.39 Å². The zero-order valence-electron chi connectivity index (χ0n) is 6.32. The van der Waals surface area contributed by atoms with Crippen LogP contribution in [0.5, 0.6) is 0 Å². The van der Waals surface area contributed by atoms with Gasteiger partial charge in [0, 0.05) is 6.42 Å². The molecule has 0 atom stereocenters. The van der Waals surface area contributed by atoms with Gasteiger partial charge in [0.2, 0.25) is 0 Å². The van der Waals surface area contributed by atoms with Gasteiger partial charge in [0.15, 0.2) is 0 Å². The average Bonchev–Trinajstić information content (AvgIpc) is 1.98. The Balaban J connectivity index is 3.63. The topological polar surface area (TPSA) is 0 Å². The summed E-state index contributed by atoms with van der Waals surface area (Å²) in [6, 6.07) is 0. The van der Waals surface area contributed by atoms with Crippen molar-refractivity contribution in [3.8, 4) is 11.8 Å². The molecule has 0 aromatic carbocycles. The molecule has 0 aromatic heterocycles. The summed E-state index contributed by atoms with van der Waals surface area (Å²) in [4.78, 5) is 0. The molecule has 0 fully saturated rings. The summed E-state index contributed by atoms with van der Waals surface area (Å²) in [5.74, 6) is 5.30. The normalized spacial score (nSPS) is 11.3. The Morgan fingerprint density at radius 1 is 1.60 bits per heavy atom. The second-order valence-corrected chi connectivity index (χ2v) is 1.71. The number of hydrogen-bond acceptors (Lipinski definition) is 0. The van der Waals surface area contributed by atoms with Crippen molar-refractivity contribution < 1.29 is 4.39 Å². The summed E-state index contributed by atoms with van der Waals surface area (Å²) in [7, 11) is 0. The van der Waals surface area contributed by atoms with E-state index in [0.717, 1.165) is 0 Å². The Morgan fingerprint density at radius 2 is 2.30 bits per heavy atom. The van der Waals surface area contributed by atoms with Crippen LogP contribution in [-0.4, -0.2) is 0 Å². The molecular formula is C9H11F. The highest BCUT2D eigenvalue weighted by atomic mass is 19.1. The van der Waals surface area contributed by atoms with Crippen LogP contribution in [0.1, 0.15) is 20.3 Å². The quantitative estimate of drug-likeness (QED) is 0.406. The minimum atomic E-state index is -0.210. The predicted molar refractivity (Wildman–Crippen MR) is 42.1 cm³/mol. The first-order chi connectivity index (χ1) is 4.81. The SMILES string of the molecule is CC#CC/C=C\C(F)=C/C.